The van der Waals surface area contributed by atoms with Crippen molar-refractivity contribution in [3.05, 3.63) is 64.7 Å². The van der Waals surface area contributed by atoms with Crippen LogP contribution in [0.1, 0.15) is 49.3 Å². The Balaban J connectivity index is 1.78. The van der Waals surface area contributed by atoms with Crippen molar-refractivity contribution in [1.29, 1.82) is 0 Å². The number of carbonyl (C=O) groups excluding carboxylic acids is 1. The molecule has 27 heavy (non-hydrogen) atoms. The largest absolute Gasteiger partial charge is 0.508 e. The molecule has 0 saturated heterocycles. The third-order valence-corrected chi connectivity index (χ3v) is 5.81. The highest BCUT2D eigenvalue weighted by Gasteiger charge is 2.41. The molecule has 0 radical (unpaired) electrons. The number of anilines is 2. The van der Waals surface area contributed by atoms with E-state index in [1.54, 1.807) is 6.07 Å². The summed E-state index contributed by atoms with van der Waals surface area (Å²) in [6, 6.07) is 11.1. The fourth-order valence-electron chi connectivity index (χ4n) is 4.28. The zero-order chi connectivity index (χ0) is 19.0. The second kappa shape index (κ2) is 7.28. The van der Waals surface area contributed by atoms with Crippen molar-refractivity contribution in [3.63, 3.8) is 0 Å². The Bertz CT molecular complexity index is 909. The number of aromatic hydroxyl groups is 1. The maximum absolute atomic E-state index is 12.2. The Morgan fingerprint density at radius 3 is 2.89 bits per heavy atom. The highest BCUT2D eigenvalue weighted by atomic mass is 35.5. The number of allylic oxidation sites excluding steroid dienone is 2. The number of carbonyl (C=O) groups is 1. The average molecular weight is 383 g/mol. The molecule has 0 bridgehead atoms. The predicted molar refractivity (Wildman–Crippen MR) is 109 cm³/mol. The Labute approximate surface area is 164 Å². The number of rotatable bonds is 4. The Morgan fingerprint density at radius 1 is 1.30 bits per heavy atom. The van der Waals surface area contributed by atoms with Gasteiger partial charge in [0.05, 0.1) is 16.8 Å². The van der Waals surface area contributed by atoms with Gasteiger partial charge >= 0.3 is 0 Å². The van der Waals surface area contributed by atoms with E-state index in [2.05, 4.69) is 22.8 Å². The van der Waals surface area contributed by atoms with Crippen LogP contribution in [0.2, 0.25) is 5.02 Å². The predicted octanol–water partition coefficient (Wildman–Crippen LogP) is 5.61. The lowest BCUT2D eigenvalue weighted by Crippen LogP contribution is -2.30. The lowest BCUT2D eigenvalue weighted by Gasteiger charge is -2.39. The van der Waals surface area contributed by atoms with Gasteiger partial charge in [0.25, 0.3) is 0 Å². The summed E-state index contributed by atoms with van der Waals surface area (Å²) in [6.45, 7) is 1.99. The first-order chi connectivity index (χ1) is 13.1. The molecule has 3 N–H and O–H groups in total. The highest BCUT2D eigenvalue weighted by molar-refractivity contribution is 6.33. The second-order valence-corrected chi connectivity index (χ2v) is 7.62. The smallest absolute Gasteiger partial charge is 0.224 e. The third-order valence-electron chi connectivity index (χ3n) is 5.49. The summed E-state index contributed by atoms with van der Waals surface area (Å²) >= 11 is 6.53. The van der Waals surface area contributed by atoms with E-state index >= 15 is 0 Å². The minimum atomic E-state index is -0.0437. The van der Waals surface area contributed by atoms with Crippen molar-refractivity contribution >= 4 is 28.9 Å². The summed E-state index contributed by atoms with van der Waals surface area (Å²) in [5.74, 6) is 0.698. The molecule has 1 amide bonds. The molecule has 0 spiro atoms. The van der Waals surface area contributed by atoms with Gasteiger partial charge in [-0.2, -0.15) is 0 Å². The molecule has 2 aliphatic rings. The van der Waals surface area contributed by atoms with Gasteiger partial charge < -0.3 is 15.7 Å². The average Bonchev–Trinajstić information content (AvgIpc) is 3.14. The SMILES string of the molecule is CCCC(=O)Nc1ccc(Cl)c2c1C1C=CCC1C(c1ccccc1O)N2. The molecule has 1 heterocycles. The topological polar surface area (TPSA) is 61.4 Å². The molecule has 4 nitrogen and oxygen atoms in total. The van der Waals surface area contributed by atoms with Crippen LogP contribution in [-0.2, 0) is 4.79 Å². The minimum Gasteiger partial charge on any atom is -0.508 e. The zero-order valence-corrected chi connectivity index (χ0v) is 16.0. The molecule has 0 fully saturated rings. The maximum Gasteiger partial charge on any atom is 0.224 e. The van der Waals surface area contributed by atoms with E-state index in [0.717, 1.165) is 35.3 Å². The van der Waals surface area contributed by atoms with Gasteiger partial charge in [0.1, 0.15) is 5.75 Å². The number of para-hydroxylation sites is 1. The molecule has 1 aliphatic heterocycles. The van der Waals surface area contributed by atoms with Crippen LogP contribution in [0.15, 0.2) is 48.6 Å². The number of phenols is 1. The third kappa shape index (κ3) is 3.19. The number of hydrogen-bond donors (Lipinski definition) is 3. The van der Waals surface area contributed by atoms with E-state index in [9.17, 15) is 9.90 Å². The van der Waals surface area contributed by atoms with Crippen molar-refractivity contribution in [2.75, 3.05) is 10.6 Å². The lowest BCUT2D eigenvalue weighted by molar-refractivity contribution is -0.116. The van der Waals surface area contributed by atoms with Crippen molar-refractivity contribution in [3.8, 4) is 5.75 Å². The molecule has 2 aromatic rings. The van der Waals surface area contributed by atoms with Gasteiger partial charge in [-0.3, -0.25) is 4.79 Å². The van der Waals surface area contributed by atoms with Gasteiger partial charge in [-0.25, -0.2) is 0 Å². The zero-order valence-electron chi connectivity index (χ0n) is 15.2. The molecule has 140 valence electrons. The van der Waals surface area contributed by atoms with Crippen LogP contribution in [0.4, 0.5) is 11.4 Å². The number of benzene rings is 2. The summed E-state index contributed by atoms with van der Waals surface area (Å²) in [6.07, 6.45) is 6.59. The monoisotopic (exact) mass is 382 g/mol. The second-order valence-electron chi connectivity index (χ2n) is 7.22. The van der Waals surface area contributed by atoms with Crippen LogP contribution in [0.3, 0.4) is 0 Å². The summed E-state index contributed by atoms with van der Waals surface area (Å²) in [5.41, 5.74) is 3.57. The van der Waals surface area contributed by atoms with Gasteiger partial charge in [0, 0.05) is 29.2 Å². The van der Waals surface area contributed by atoms with Gasteiger partial charge in [-0.15, -0.1) is 0 Å². The molecule has 5 heteroatoms. The van der Waals surface area contributed by atoms with Crippen molar-refractivity contribution in [1.82, 2.24) is 0 Å². The van der Waals surface area contributed by atoms with E-state index in [1.807, 2.05) is 37.3 Å². The lowest BCUT2D eigenvalue weighted by atomic mass is 9.76. The van der Waals surface area contributed by atoms with Crippen molar-refractivity contribution in [2.45, 2.75) is 38.1 Å². The van der Waals surface area contributed by atoms with Crippen LogP contribution in [0.25, 0.3) is 0 Å². The van der Waals surface area contributed by atoms with E-state index in [1.165, 1.54) is 0 Å². The number of halogens is 1. The standard InChI is InChI=1S/C22H23ClN2O2/c1-2-6-19(27)24-17-12-11-16(23)22-20(17)13-8-5-9-14(13)21(25-22)15-7-3-4-10-18(15)26/h3-5,7-8,10-14,21,25-26H,2,6,9H2,1H3,(H,24,27). The number of amides is 1. The van der Waals surface area contributed by atoms with Gasteiger partial charge in [-0.05, 0) is 37.0 Å². The van der Waals surface area contributed by atoms with E-state index in [-0.39, 0.29) is 29.5 Å². The van der Waals surface area contributed by atoms with E-state index in [4.69, 9.17) is 11.6 Å². The summed E-state index contributed by atoms with van der Waals surface area (Å²) in [4.78, 5) is 12.2. The first-order valence-electron chi connectivity index (χ1n) is 9.43. The fourth-order valence-corrected chi connectivity index (χ4v) is 4.50. The van der Waals surface area contributed by atoms with Crippen LogP contribution in [0, 0.1) is 5.92 Å². The van der Waals surface area contributed by atoms with Crippen LogP contribution < -0.4 is 10.6 Å². The molecule has 4 rings (SSSR count). The van der Waals surface area contributed by atoms with Gasteiger partial charge in [0.2, 0.25) is 5.91 Å². The van der Waals surface area contributed by atoms with E-state index < -0.39 is 0 Å². The molecule has 2 aromatic carbocycles. The van der Waals surface area contributed by atoms with Crippen LogP contribution in [-0.4, -0.2) is 11.0 Å². The maximum atomic E-state index is 12.2. The van der Waals surface area contributed by atoms with Crippen molar-refractivity contribution in [2.24, 2.45) is 5.92 Å². The van der Waals surface area contributed by atoms with Gasteiger partial charge in [-0.1, -0.05) is 48.9 Å². The molecule has 0 saturated carbocycles. The quantitative estimate of drug-likeness (QED) is 0.602. The Hall–Kier alpha value is -2.46. The minimum absolute atomic E-state index is 0.0170. The molecule has 3 atom stereocenters. The number of nitrogens with one attached hydrogen (secondary N) is 2. The normalized spacial score (nSPS) is 22.7. The molecule has 0 aromatic heterocycles. The fraction of sp³-hybridized carbons (Fsp3) is 0.318. The summed E-state index contributed by atoms with van der Waals surface area (Å²) in [5, 5.41) is 17.6. The summed E-state index contributed by atoms with van der Waals surface area (Å²) < 4.78 is 0. The Kier molecular flexibility index (Phi) is 4.83. The van der Waals surface area contributed by atoms with Crippen molar-refractivity contribution < 1.29 is 9.90 Å². The van der Waals surface area contributed by atoms with Crippen LogP contribution in [0.5, 0.6) is 5.75 Å². The van der Waals surface area contributed by atoms with Gasteiger partial charge in [0.15, 0.2) is 0 Å². The molecular formula is C22H23ClN2O2. The highest BCUT2D eigenvalue weighted by Crippen LogP contribution is 2.54. The summed E-state index contributed by atoms with van der Waals surface area (Å²) in [7, 11) is 0. The first kappa shape index (κ1) is 17.9. The van der Waals surface area contributed by atoms with E-state index in [0.29, 0.717) is 11.4 Å². The molecule has 3 unspecified atom stereocenters. The number of phenolic OH excluding ortho intramolecular Hbond substituents is 1. The Morgan fingerprint density at radius 2 is 2.11 bits per heavy atom. The number of hydrogen-bond acceptors (Lipinski definition) is 3. The number of fused-ring (bicyclic) bond motifs is 3. The van der Waals surface area contributed by atoms with Crippen LogP contribution >= 0.6 is 11.6 Å². The molecular weight excluding hydrogens is 360 g/mol. The first-order valence-corrected chi connectivity index (χ1v) is 9.81. The molecule has 1 aliphatic carbocycles.